The molecule has 6 heteroatoms. The summed E-state index contributed by atoms with van der Waals surface area (Å²) in [7, 11) is 0. The summed E-state index contributed by atoms with van der Waals surface area (Å²) in [5.41, 5.74) is 4.72. The van der Waals surface area contributed by atoms with Crippen molar-refractivity contribution in [3.05, 3.63) is 65.7 Å². The van der Waals surface area contributed by atoms with Crippen LogP contribution in [-0.2, 0) is 4.79 Å². The first kappa shape index (κ1) is 23.7. The van der Waals surface area contributed by atoms with Gasteiger partial charge in [0.25, 0.3) is 5.91 Å². The molecule has 1 aromatic heterocycles. The fourth-order valence-corrected chi connectivity index (χ4v) is 4.26. The van der Waals surface area contributed by atoms with Crippen molar-refractivity contribution in [2.75, 3.05) is 29.9 Å². The third kappa shape index (κ3) is 6.13. The van der Waals surface area contributed by atoms with Gasteiger partial charge in [-0.15, -0.1) is 10.2 Å². The summed E-state index contributed by atoms with van der Waals surface area (Å²) in [5.74, 6) is 1.85. The van der Waals surface area contributed by atoms with Crippen molar-refractivity contribution in [2.45, 2.75) is 52.4 Å². The number of carbonyl (C=O) groups excluding carboxylic acids is 1. The SMILES string of the molecule is Cc1ccc(C(C)C)c(OCC(=O)Nc2ccc(-c3ccc(N4CCCCCC4)nn3)cc2)c1. The molecule has 0 unspecified atom stereocenters. The van der Waals surface area contributed by atoms with Crippen LogP contribution in [0.15, 0.2) is 54.6 Å². The van der Waals surface area contributed by atoms with Crippen LogP contribution in [0.1, 0.15) is 56.6 Å². The molecule has 178 valence electrons. The molecule has 0 atom stereocenters. The quantitative estimate of drug-likeness (QED) is 0.472. The average Bonchev–Trinajstić information content (AvgIpc) is 3.13. The third-order valence-electron chi connectivity index (χ3n) is 6.19. The topological polar surface area (TPSA) is 67.3 Å². The number of rotatable bonds is 7. The van der Waals surface area contributed by atoms with E-state index in [2.05, 4.69) is 52.5 Å². The van der Waals surface area contributed by atoms with E-state index in [0.717, 1.165) is 52.7 Å². The molecule has 6 nitrogen and oxygen atoms in total. The van der Waals surface area contributed by atoms with Gasteiger partial charge in [-0.25, -0.2) is 0 Å². The van der Waals surface area contributed by atoms with Crippen molar-refractivity contribution in [2.24, 2.45) is 0 Å². The van der Waals surface area contributed by atoms with E-state index in [-0.39, 0.29) is 12.5 Å². The molecule has 4 rings (SSSR count). The number of nitrogens with zero attached hydrogens (tertiary/aromatic N) is 3. The van der Waals surface area contributed by atoms with Gasteiger partial charge in [0.2, 0.25) is 0 Å². The van der Waals surface area contributed by atoms with Gasteiger partial charge in [0.05, 0.1) is 5.69 Å². The fourth-order valence-electron chi connectivity index (χ4n) is 4.26. The Bertz CT molecular complexity index is 1090. The zero-order chi connectivity index (χ0) is 23.9. The van der Waals surface area contributed by atoms with E-state index in [4.69, 9.17) is 4.74 Å². The molecule has 0 radical (unpaired) electrons. The van der Waals surface area contributed by atoms with Crippen LogP contribution in [0.4, 0.5) is 11.5 Å². The van der Waals surface area contributed by atoms with Crippen molar-refractivity contribution < 1.29 is 9.53 Å². The second-order valence-corrected chi connectivity index (χ2v) is 9.29. The Labute approximate surface area is 202 Å². The second kappa shape index (κ2) is 11.1. The van der Waals surface area contributed by atoms with Gasteiger partial charge in [0.1, 0.15) is 5.75 Å². The fraction of sp³-hybridized carbons (Fsp3) is 0.393. The molecular formula is C28H34N4O2. The number of hydrogen-bond acceptors (Lipinski definition) is 5. The van der Waals surface area contributed by atoms with E-state index in [9.17, 15) is 4.79 Å². The van der Waals surface area contributed by atoms with Gasteiger partial charge >= 0.3 is 0 Å². The number of benzene rings is 2. The molecule has 3 aromatic rings. The summed E-state index contributed by atoms with van der Waals surface area (Å²) < 4.78 is 5.84. The standard InChI is InChI=1S/C28H34N4O2/c1-20(2)24-13-8-21(3)18-26(24)34-19-28(33)29-23-11-9-22(10-12-23)25-14-15-27(31-30-25)32-16-6-4-5-7-17-32/h8-15,18,20H,4-7,16-17,19H2,1-3H3,(H,29,33). The molecular weight excluding hydrogens is 424 g/mol. The van der Waals surface area contributed by atoms with E-state index in [1.54, 1.807) is 0 Å². The summed E-state index contributed by atoms with van der Waals surface area (Å²) in [6.07, 6.45) is 5.01. The smallest absolute Gasteiger partial charge is 0.262 e. The predicted molar refractivity (Wildman–Crippen MR) is 138 cm³/mol. The lowest BCUT2D eigenvalue weighted by Crippen LogP contribution is -2.25. The van der Waals surface area contributed by atoms with Crippen molar-refractivity contribution in [1.29, 1.82) is 0 Å². The molecule has 0 bridgehead atoms. The molecule has 1 amide bonds. The maximum atomic E-state index is 12.5. The summed E-state index contributed by atoms with van der Waals surface area (Å²) >= 11 is 0. The first-order valence-corrected chi connectivity index (χ1v) is 12.2. The van der Waals surface area contributed by atoms with E-state index < -0.39 is 0 Å². The highest BCUT2D eigenvalue weighted by Gasteiger charge is 2.13. The Morgan fingerprint density at radius 3 is 2.35 bits per heavy atom. The lowest BCUT2D eigenvalue weighted by molar-refractivity contribution is -0.118. The number of aryl methyl sites for hydroxylation is 1. The molecule has 0 aliphatic carbocycles. The zero-order valence-electron chi connectivity index (χ0n) is 20.4. The normalized spacial score (nSPS) is 14.1. The maximum Gasteiger partial charge on any atom is 0.262 e. The van der Waals surface area contributed by atoms with Gasteiger partial charge in [0, 0.05) is 24.3 Å². The minimum Gasteiger partial charge on any atom is -0.483 e. The second-order valence-electron chi connectivity index (χ2n) is 9.29. The summed E-state index contributed by atoms with van der Waals surface area (Å²) in [6.45, 7) is 8.32. The van der Waals surface area contributed by atoms with Crippen LogP contribution in [0.5, 0.6) is 5.75 Å². The van der Waals surface area contributed by atoms with Crippen molar-refractivity contribution >= 4 is 17.4 Å². The molecule has 0 spiro atoms. The molecule has 1 saturated heterocycles. The van der Waals surface area contributed by atoms with Crippen molar-refractivity contribution in [3.63, 3.8) is 0 Å². The van der Waals surface area contributed by atoms with E-state index in [0.29, 0.717) is 5.92 Å². The van der Waals surface area contributed by atoms with Gasteiger partial charge in [-0.3, -0.25) is 4.79 Å². The minimum absolute atomic E-state index is 0.0334. The van der Waals surface area contributed by atoms with Crippen molar-refractivity contribution in [1.82, 2.24) is 10.2 Å². The maximum absolute atomic E-state index is 12.5. The molecule has 1 aliphatic rings. The van der Waals surface area contributed by atoms with Crippen LogP contribution in [0.25, 0.3) is 11.3 Å². The largest absolute Gasteiger partial charge is 0.483 e. The Kier molecular flexibility index (Phi) is 7.78. The van der Waals surface area contributed by atoms with Crippen molar-refractivity contribution in [3.8, 4) is 17.0 Å². The van der Waals surface area contributed by atoms with Crippen LogP contribution in [0, 0.1) is 6.92 Å². The van der Waals surface area contributed by atoms with Crippen LogP contribution in [0.2, 0.25) is 0 Å². The number of hydrogen-bond donors (Lipinski definition) is 1. The molecule has 2 heterocycles. The highest BCUT2D eigenvalue weighted by atomic mass is 16.5. The number of aromatic nitrogens is 2. The number of anilines is 2. The van der Waals surface area contributed by atoms with Gasteiger partial charge in [-0.05, 0) is 67.1 Å². The summed E-state index contributed by atoms with van der Waals surface area (Å²) in [6, 6.07) is 17.8. The minimum atomic E-state index is -0.189. The first-order chi connectivity index (χ1) is 16.5. The number of amides is 1. The Balaban J connectivity index is 1.34. The number of carbonyl (C=O) groups is 1. The van der Waals surface area contributed by atoms with Gasteiger partial charge in [0.15, 0.2) is 12.4 Å². The summed E-state index contributed by atoms with van der Waals surface area (Å²) in [5, 5.41) is 11.8. The Morgan fingerprint density at radius 2 is 1.71 bits per heavy atom. The van der Waals surface area contributed by atoms with Crippen LogP contribution < -0.4 is 15.0 Å². The third-order valence-corrected chi connectivity index (χ3v) is 6.19. The molecule has 1 N–H and O–H groups in total. The van der Waals surface area contributed by atoms with E-state index in [1.807, 2.05) is 43.3 Å². The summed E-state index contributed by atoms with van der Waals surface area (Å²) in [4.78, 5) is 14.8. The highest BCUT2D eigenvalue weighted by molar-refractivity contribution is 5.92. The number of nitrogens with one attached hydrogen (secondary N) is 1. The van der Waals surface area contributed by atoms with Gasteiger partial charge in [-0.2, -0.15) is 0 Å². The van der Waals surface area contributed by atoms with E-state index >= 15 is 0 Å². The van der Waals surface area contributed by atoms with Crippen LogP contribution >= 0.6 is 0 Å². The predicted octanol–water partition coefficient (Wildman–Crippen LogP) is 5.97. The molecule has 2 aromatic carbocycles. The van der Waals surface area contributed by atoms with Gasteiger partial charge < -0.3 is 15.0 Å². The molecule has 1 fully saturated rings. The van der Waals surface area contributed by atoms with Crippen LogP contribution in [-0.4, -0.2) is 35.8 Å². The van der Waals surface area contributed by atoms with E-state index in [1.165, 1.54) is 25.7 Å². The number of ether oxygens (including phenoxy) is 1. The Morgan fingerprint density at radius 1 is 0.971 bits per heavy atom. The monoisotopic (exact) mass is 458 g/mol. The molecule has 34 heavy (non-hydrogen) atoms. The average molecular weight is 459 g/mol. The molecule has 1 aliphatic heterocycles. The lowest BCUT2D eigenvalue weighted by atomic mass is 10.0. The first-order valence-electron chi connectivity index (χ1n) is 12.2. The molecule has 0 saturated carbocycles. The Hall–Kier alpha value is -3.41. The van der Waals surface area contributed by atoms with Crippen LogP contribution in [0.3, 0.4) is 0 Å². The zero-order valence-corrected chi connectivity index (χ0v) is 20.4. The van der Waals surface area contributed by atoms with Gasteiger partial charge in [-0.1, -0.05) is 51.0 Å². The lowest BCUT2D eigenvalue weighted by Gasteiger charge is -2.20. The highest BCUT2D eigenvalue weighted by Crippen LogP contribution is 2.27.